The average molecular weight is 536 g/mol. The summed E-state index contributed by atoms with van der Waals surface area (Å²) in [5.41, 5.74) is -0.628. The van der Waals surface area contributed by atoms with Crippen LogP contribution in [0.4, 0.5) is 0 Å². The fourth-order valence-corrected chi connectivity index (χ4v) is 4.73. The van der Waals surface area contributed by atoms with Crippen LogP contribution in [0, 0.1) is 6.92 Å². The van der Waals surface area contributed by atoms with Crippen LogP contribution in [-0.2, 0) is 0 Å². The lowest BCUT2D eigenvalue weighted by Crippen LogP contribution is -2.10. The molecule has 0 aliphatic heterocycles. The number of phenols is 5. The van der Waals surface area contributed by atoms with Crippen LogP contribution >= 0.6 is 0 Å². The van der Waals surface area contributed by atoms with Gasteiger partial charge in [0.15, 0.2) is 11.0 Å². The zero-order chi connectivity index (χ0) is 28.3. The Labute approximate surface area is 224 Å². The summed E-state index contributed by atoms with van der Waals surface area (Å²) in [5, 5.41) is 51.5. The largest absolute Gasteiger partial charge is 0.508 e. The first-order valence-electron chi connectivity index (χ1n) is 12.0. The van der Waals surface area contributed by atoms with E-state index >= 15 is 0 Å². The molecule has 9 nitrogen and oxygen atoms in total. The van der Waals surface area contributed by atoms with Crippen molar-refractivity contribution in [1.29, 1.82) is 0 Å². The second kappa shape index (κ2) is 8.95. The van der Waals surface area contributed by atoms with Crippen LogP contribution in [0.3, 0.4) is 0 Å². The summed E-state index contributed by atoms with van der Waals surface area (Å²) in [4.78, 5) is 27.3. The lowest BCUT2D eigenvalue weighted by Gasteiger charge is -2.15. The summed E-state index contributed by atoms with van der Waals surface area (Å²) in [6.07, 6.45) is 0. The average Bonchev–Trinajstić information content (AvgIpc) is 2.89. The molecule has 198 valence electrons. The molecule has 0 amide bonds. The predicted octanol–water partition coefficient (Wildman–Crippen LogP) is 5.74. The minimum atomic E-state index is -0.812. The Morgan fingerprint density at radius 3 is 1.95 bits per heavy atom. The first kappa shape index (κ1) is 24.6. The van der Waals surface area contributed by atoms with Gasteiger partial charge in [0, 0.05) is 35.4 Å². The van der Waals surface area contributed by atoms with Gasteiger partial charge in [-0.3, -0.25) is 9.59 Å². The van der Waals surface area contributed by atoms with E-state index in [4.69, 9.17) is 8.83 Å². The molecule has 0 aliphatic rings. The van der Waals surface area contributed by atoms with Crippen molar-refractivity contribution in [2.24, 2.45) is 0 Å². The van der Waals surface area contributed by atoms with Crippen molar-refractivity contribution in [1.82, 2.24) is 0 Å². The molecule has 0 atom stereocenters. The zero-order valence-corrected chi connectivity index (χ0v) is 20.8. The topological polar surface area (TPSA) is 162 Å². The van der Waals surface area contributed by atoms with Gasteiger partial charge in [-0.25, -0.2) is 0 Å². The highest BCUT2D eigenvalue weighted by atomic mass is 16.3. The van der Waals surface area contributed by atoms with E-state index in [0.29, 0.717) is 5.56 Å². The lowest BCUT2D eigenvalue weighted by molar-refractivity contribution is 0.450. The molecule has 0 saturated carbocycles. The van der Waals surface area contributed by atoms with Gasteiger partial charge < -0.3 is 34.4 Å². The number of benzene rings is 4. The van der Waals surface area contributed by atoms with E-state index in [-0.39, 0.29) is 61.6 Å². The molecule has 6 aromatic rings. The highest BCUT2D eigenvalue weighted by molar-refractivity contribution is 6.04. The van der Waals surface area contributed by atoms with Gasteiger partial charge in [0.05, 0.1) is 11.1 Å². The lowest BCUT2D eigenvalue weighted by atomic mass is 9.95. The fraction of sp³-hybridized carbons (Fsp3) is 0.0323. The van der Waals surface area contributed by atoms with Gasteiger partial charge >= 0.3 is 0 Å². The van der Waals surface area contributed by atoms with E-state index in [1.165, 1.54) is 30.3 Å². The number of aromatic hydroxyl groups is 5. The molecule has 0 bridgehead atoms. The Kier molecular flexibility index (Phi) is 5.51. The Balaban J connectivity index is 1.80. The van der Waals surface area contributed by atoms with Crippen molar-refractivity contribution >= 4 is 21.9 Å². The van der Waals surface area contributed by atoms with Gasteiger partial charge in [0.1, 0.15) is 56.6 Å². The number of rotatable bonds is 3. The van der Waals surface area contributed by atoms with Gasteiger partial charge in [0.2, 0.25) is 5.43 Å². The summed E-state index contributed by atoms with van der Waals surface area (Å²) < 4.78 is 12.1. The minimum absolute atomic E-state index is 0.0598. The monoisotopic (exact) mass is 536 g/mol. The molecule has 0 saturated heterocycles. The summed E-state index contributed by atoms with van der Waals surface area (Å²) >= 11 is 0. The van der Waals surface area contributed by atoms with Crippen LogP contribution in [0.1, 0.15) is 5.56 Å². The van der Waals surface area contributed by atoms with Crippen LogP contribution in [0.5, 0.6) is 28.7 Å². The molecular weight excluding hydrogens is 516 g/mol. The molecule has 5 N–H and O–H groups in total. The standard InChI is InChI=1S/C31H20O9/c1-14-2-4-15(5-3-14)23-13-22(37)25-20(35)12-21(36)27(31(25)39-23)28-29(38)26-19(34)10-18(33)11-24(26)40-30(28)16-6-8-17(32)9-7-16/h2-13,32-36H,1H3. The van der Waals surface area contributed by atoms with E-state index in [9.17, 15) is 35.1 Å². The third-order valence-electron chi connectivity index (χ3n) is 6.64. The van der Waals surface area contributed by atoms with Crippen molar-refractivity contribution in [3.63, 3.8) is 0 Å². The smallest absolute Gasteiger partial charge is 0.205 e. The Morgan fingerprint density at radius 2 is 1.25 bits per heavy atom. The van der Waals surface area contributed by atoms with E-state index < -0.39 is 28.1 Å². The molecule has 2 aromatic heterocycles. The van der Waals surface area contributed by atoms with Crippen molar-refractivity contribution in [2.75, 3.05) is 0 Å². The van der Waals surface area contributed by atoms with Gasteiger partial charge in [0.25, 0.3) is 0 Å². The highest BCUT2D eigenvalue weighted by Crippen LogP contribution is 2.45. The fourth-order valence-electron chi connectivity index (χ4n) is 4.73. The van der Waals surface area contributed by atoms with Crippen LogP contribution in [-0.4, -0.2) is 25.5 Å². The van der Waals surface area contributed by atoms with Gasteiger partial charge in [-0.2, -0.15) is 0 Å². The van der Waals surface area contributed by atoms with Gasteiger partial charge in [-0.1, -0.05) is 29.8 Å². The Morgan fingerprint density at radius 1 is 0.600 bits per heavy atom. The molecule has 0 radical (unpaired) electrons. The van der Waals surface area contributed by atoms with Crippen LogP contribution in [0.25, 0.3) is 55.7 Å². The number of aryl methyl sites for hydroxylation is 1. The second-order valence-electron chi connectivity index (χ2n) is 9.36. The van der Waals surface area contributed by atoms with Crippen molar-refractivity contribution in [3.05, 3.63) is 98.8 Å². The van der Waals surface area contributed by atoms with E-state index in [2.05, 4.69) is 0 Å². The summed E-state index contributed by atoms with van der Waals surface area (Å²) in [5.74, 6) is -2.16. The third-order valence-corrected chi connectivity index (χ3v) is 6.64. The SMILES string of the molecule is Cc1ccc(-c2cc(=O)c3c(O)cc(O)c(-c4c(-c5ccc(O)cc5)oc5cc(O)cc(O)c5c4=O)c3o2)cc1. The molecule has 0 spiro atoms. The summed E-state index contributed by atoms with van der Waals surface area (Å²) in [6, 6.07) is 17.0. The molecule has 4 aromatic carbocycles. The second-order valence-corrected chi connectivity index (χ2v) is 9.36. The molecular formula is C31H20O9. The first-order chi connectivity index (χ1) is 19.1. The van der Waals surface area contributed by atoms with Crippen molar-refractivity contribution in [2.45, 2.75) is 6.92 Å². The number of phenolic OH excluding ortho intramolecular Hbond substituents is 5. The van der Waals surface area contributed by atoms with Gasteiger partial charge in [-0.05, 0) is 31.2 Å². The maximum absolute atomic E-state index is 14.0. The molecule has 9 heteroatoms. The maximum Gasteiger partial charge on any atom is 0.205 e. The zero-order valence-electron chi connectivity index (χ0n) is 20.8. The molecule has 0 unspecified atom stereocenters. The number of hydrogen-bond acceptors (Lipinski definition) is 9. The molecule has 2 heterocycles. The molecule has 40 heavy (non-hydrogen) atoms. The minimum Gasteiger partial charge on any atom is -0.508 e. The van der Waals surface area contributed by atoms with Crippen molar-refractivity contribution < 1.29 is 34.4 Å². The highest BCUT2D eigenvalue weighted by Gasteiger charge is 2.28. The number of fused-ring (bicyclic) bond motifs is 2. The van der Waals surface area contributed by atoms with Gasteiger partial charge in [-0.15, -0.1) is 0 Å². The summed E-state index contributed by atoms with van der Waals surface area (Å²) in [6.45, 7) is 1.90. The third kappa shape index (κ3) is 3.88. The predicted molar refractivity (Wildman–Crippen MR) is 148 cm³/mol. The number of hydrogen-bond donors (Lipinski definition) is 5. The van der Waals surface area contributed by atoms with E-state index in [1.807, 2.05) is 19.1 Å². The van der Waals surface area contributed by atoms with Crippen LogP contribution in [0.2, 0.25) is 0 Å². The van der Waals surface area contributed by atoms with Crippen molar-refractivity contribution in [3.8, 4) is 62.5 Å². The normalized spacial score (nSPS) is 11.3. The van der Waals surface area contributed by atoms with E-state index in [1.54, 1.807) is 12.1 Å². The maximum atomic E-state index is 14.0. The molecule has 0 fully saturated rings. The molecule has 6 rings (SSSR count). The first-order valence-corrected chi connectivity index (χ1v) is 12.0. The van der Waals surface area contributed by atoms with Crippen LogP contribution in [0.15, 0.2) is 91.2 Å². The Bertz CT molecular complexity index is 2090. The Hall–Kier alpha value is -5.70. The molecule has 0 aliphatic carbocycles. The van der Waals surface area contributed by atoms with Crippen LogP contribution < -0.4 is 10.9 Å². The quantitative estimate of drug-likeness (QED) is 0.190. The van der Waals surface area contributed by atoms with E-state index in [0.717, 1.165) is 23.8 Å². The summed E-state index contributed by atoms with van der Waals surface area (Å²) in [7, 11) is 0.